The Bertz CT molecular complexity index is 947. The second-order valence-electron chi connectivity index (χ2n) is 6.17. The summed E-state index contributed by atoms with van der Waals surface area (Å²) in [4.78, 5) is 33.9. The number of hydrogen-bond acceptors (Lipinski definition) is 5. The number of carbonyl (C=O) groups is 1. The van der Waals surface area contributed by atoms with Crippen molar-refractivity contribution >= 4 is 27.5 Å². The lowest BCUT2D eigenvalue weighted by molar-refractivity contribution is -0.119. The van der Waals surface area contributed by atoms with Crippen molar-refractivity contribution in [3.63, 3.8) is 0 Å². The van der Waals surface area contributed by atoms with Gasteiger partial charge in [-0.2, -0.15) is 0 Å². The van der Waals surface area contributed by atoms with Crippen LogP contribution in [0.15, 0.2) is 40.5 Å². The summed E-state index contributed by atoms with van der Waals surface area (Å²) in [7, 11) is 0. The summed E-state index contributed by atoms with van der Waals surface area (Å²) in [5.74, 6) is 0.133. The third kappa shape index (κ3) is 3.78. The number of thiophene rings is 1. The van der Waals surface area contributed by atoms with E-state index in [1.54, 1.807) is 0 Å². The Balaban J connectivity index is 1.98. The van der Waals surface area contributed by atoms with Crippen LogP contribution in [0.4, 0.5) is 0 Å². The number of H-pyrrole nitrogens is 1. The number of fused-ring (bicyclic) bond motifs is 1. The lowest BCUT2D eigenvalue weighted by Gasteiger charge is -2.24. The normalized spacial score (nSPS) is 11.5. The maximum absolute atomic E-state index is 12.6. The van der Waals surface area contributed by atoms with Crippen LogP contribution >= 0.6 is 11.3 Å². The zero-order chi connectivity index (χ0) is 18.0. The van der Waals surface area contributed by atoms with E-state index in [0.29, 0.717) is 22.6 Å². The number of hydrogen-bond donors (Lipinski definition) is 2. The number of aromatic amines is 1. The van der Waals surface area contributed by atoms with E-state index in [0.717, 1.165) is 11.1 Å². The first kappa shape index (κ1) is 17.3. The largest absolute Gasteiger partial charge is 0.369 e. The summed E-state index contributed by atoms with van der Waals surface area (Å²) in [5, 5.41) is 2.56. The van der Waals surface area contributed by atoms with E-state index in [1.165, 1.54) is 11.3 Å². The Hall–Kier alpha value is -2.51. The number of primary amides is 1. The minimum absolute atomic E-state index is 0.108. The average Bonchev–Trinajstić information content (AvgIpc) is 2.99. The summed E-state index contributed by atoms with van der Waals surface area (Å²) in [6, 6.07) is 9.89. The molecular weight excluding hydrogens is 336 g/mol. The number of nitrogens with two attached hydrogens (primary N) is 1. The molecule has 25 heavy (non-hydrogen) atoms. The Morgan fingerprint density at radius 2 is 2.04 bits per heavy atom. The summed E-state index contributed by atoms with van der Waals surface area (Å²) >= 11 is 1.45. The molecule has 1 amide bonds. The highest BCUT2D eigenvalue weighted by atomic mass is 32.1. The van der Waals surface area contributed by atoms with E-state index in [1.807, 2.05) is 54.5 Å². The quantitative estimate of drug-likeness (QED) is 0.709. The van der Waals surface area contributed by atoms with Crippen molar-refractivity contribution in [3.05, 3.63) is 51.9 Å². The first-order valence-electron chi connectivity index (χ1n) is 8.04. The van der Waals surface area contributed by atoms with Crippen LogP contribution in [0.25, 0.3) is 21.3 Å². The van der Waals surface area contributed by atoms with Crippen molar-refractivity contribution in [1.29, 1.82) is 0 Å². The maximum atomic E-state index is 12.6. The fourth-order valence-electron chi connectivity index (χ4n) is 2.71. The lowest BCUT2D eigenvalue weighted by Crippen LogP contribution is -2.38. The van der Waals surface area contributed by atoms with Gasteiger partial charge in [0, 0.05) is 17.0 Å². The molecule has 0 saturated carbocycles. The molecule has 0 atom stereocenters. The zero-order valence-electron chi connectivity index (χ0n) is 14.2. The molecule has 2 aromatic heterocycles. The average molecular weight is 356 g/mol. The summed E-state index contributed by atoms with van der Waals surface area (Å²) in [5.41, 5.74) is 7.02. The molecule has 3 rings (SSSR count). The van der Waals surface area contributed by atoms with Crippen molar-refractivity contribution < 1.29 is 4.79 Å². The Morgan fingerprint density at radius 3 is 2.68 bits per heavy atom. The third-order valence-corrected chi connectivity index (χ3v) is 4.89. The minimum atomic E-state index is -0.403. The van der Waals surface area contributed by atoms with Gasteiger partial charge in [-0.15, -0.1) is 11.3 Å². The highest BCUT2D eigenvalue weighted by molar-refractivity contribution is 7.17. The molecule has 3 N–H and O–H groups in total. The molecule has 0 aliphatic carbocycles. The molecule has 2 heterocycles. The second-order valence-corrected chi connectivity index (χ2v) is 7.03. The van der Waals surface area contributed by atoms with Crippen LogP contribution in [0.2, 0.25) is 0 Å². The minimum Gasteiger partial charge on any atom is -0.369 e. The van der Waals surface area contributed by atoms with Crippen LogP contribution in [0.5, 0.6) is 0 Å². The van der Waals surface area contributed by atoms with Gasteiger partial charge < -0.3 is 10.7 Å². The predicted molar refractivity (Wildman–Crippen MR) is 100 cm³/mol. The number of benzene rings is 1. The molecule has 1 aromatic carbocycles. The van der Waals surface area contributed by atoms with Gasteiger partial charge in [-0.05, 0) is 19.4 Å². The van der Waals surface area contributed by atoms with Crippen molar-refractivity contribution in [3.8, 4) is 11.1 Å². The number of nitrogens with zero attached hydrogens (tertiary/aromatic N) is 2. The number of nitrogens with one attached hydrogen (secondary N) is 1. The molecule has 0 spiro atoms. The van der Waals surface area contributed by atoms with E-state index < -0.39 is 5.91 Å². The fraction of sp³-hybridized carbons (Fsp3) is 0.278. The predicted octanol–water partition coefficient (Wildman–Crippen LogP) is 2.35. The Labute approximate surface area is 149 Å². The molecule has 0 fully saturated rings. The molecule has 0 unspecified atom stereocenters. The molecule has 6 nitrogen and oxygen atoms in total. The SMILES string of the molecule is CC(C)N(CC(N)=O)Cc1nc2scc(-c3ccccc3)c2c(=O)[nH]1. The van der Waals surface area contributed by atoms with Crippen LogP contribution in [0.3, 0.4) is 0 Å². The smallest absolute Gasteiger partial charge is 0.260 e. The number of aromatic nitrogens is 2. The molecular formula is C18H20N4O2S. The standard InChI is InChI=1S/C18H20N4O2S/c1-11(2)22(8-14(19)23)9-15-20-17(24)16-13(10-25-18(16)21-15)12-6-4-3-5-7-12/h3-7,10-11H,8-9H2,1-2H3,(H2,19,23)(H,20,21,24). The van der Waals surface area contributed by atoms with Gasteiger partial charge in [-0.1, -0.05) is 30.3 Å². The first-order chi connectivity index (χ1) is 12.0. The highest BCUT2D eigenvalue weighted by Gasteiger charge is 2.17. The Morgan fingerprint density at radius 1 is 1.32 bits per heavy atom. The number of carbonyl (C=O) groups excluding carboxylic acids is 1. The molecule has 0 radical (unpaired) electrons. The van der Waals surface area contributed by atoms with Gasteiger partial charge in [0.1, 0.15) is 10.7 Å². The molecule has 130 valence electrons. The van der Waals surface area contributed by atoms with E-state index in [4.69, 9.17) is 5.73 Å². The van der Waals surface area contributed by atoms with Crippen LogP contribution in [0, 0.1) is 0 Å². The van der Waals surface area contributed by atoms with Crippen LogP contribution in [-0.4, -0.2) is 33.4 Å². The fourth-order valence-corrected chi connectivity index (χ4v) is 3.68. The van der Waals surface area contributed by atoms with Crippen molar-refractivity contribution in [2.45, 2.75) is 26.4 Å². The second kappa shape index (κ2) is 7.16. The van der Waals surface area contributed by atoms with Gasteiger partial charge >= 0.3 is 0 Å². The third-order valence-electron chi connectivity index (χ3n) is 4.02. The van der Waals surface area contributed by atoms with Crippen molar-refractivity contribution in [2.75, 3.05) is 6.54 Å². The van der Waals surface area contributed by atoms with Gasteiger partial charge in [0.2, 0.25) is 5.91 Å². The highest BCUT2D eigenvalue weighted by Crippen LogP contribution is 2.30. The molecule has 0 aliphatic rings. The van der Waals surface area contributed by atoms with Crippen molar-refractivity contribution in [1.82, 2.24) is 14.9 Å². The molecule has 0 bridgehead atoms. The summed E-state index contributed by atoms with van der Waals surface area (Å²) < 4.78 is 0. The van der Waals surface area contributed by atoms with E-state index in [-0.39, 0.29) is 18.1 Å². The zero-order valence-corrected chi connectivity index (χ0v) is 15.0. The van der Waals surface area contributed by atoms with E-state index >= 15 is 0 Å². The van der Waals surface area contributed by atoms with Gasteiger partial charge in [0.15, 0.2) is 0 Å². The van der Waals surface area contributed by atoms with E-state index in [9.17, 15) is 9.59 Å². The summed E-state index contributed by atoms with van der Waals surface area (Å²) in [6.45, 7) is 4.43. The van der Waals surface area contributed by atoms with Crippen molar-refractivity contribution in [2.24, 2.45) is 5.73 Å². The monoisotopic (exact) mass is 356 g/mol. The first-order valence-corrected chi connectivity index (χ1v) is 8.92. The topological polar surface area (TPSA) is 92.1 Å². The number of rotatable bonds is 6. The van der Waals surface area contributed by atoms with Crippen LogP contribution in [0.1, 0.15) is 19.7 Å². The van der Waals surface area contributed by atoms with Crippen LogP contribution in [-0.2, 0) is 11.3 Å². The maximum Gasteiger partial charge on any atom is 0.260 e. The Kier molecular flexibility index (Phi) is 4.96. The van der Waals surface area contributed by atoms with E-state index in [2.05, 4.69) is 9.97 Å². The molecule has 3 aromatic rings. The molecule has 7 heteroatoms. The number of amides is 1. The molecule has 0 saturated heterocycles. The molecule has 0 aliphatic heterocycles. The summed E-state index contributed by atoms with van der Waals surface area (Å²) in [6.07, 6.45) is 0. The van der Waals surface area contributed by atoms with Gasteiger partial charge in [0.25, 0.3) is 5.56 Å². The van der Waals surface area contributed by atoms with Gasteiger partial charge in [0.05, 0.1) is 18.5 Å². The van der Waals surface area contributed by atoms with Gasteiger partial charge in [-0.3, -0.25) is 14.5 Å². The van der Waals surface area contributed by atoms with Gasteiger partial charge in [-0.25, -0.2) is 4.98 Å². The lowest BCUT2D eigenvalue weighted by atomic mass is 10.1. The van der Waals surface area contributed by atoms with Crippen LogP contribution < -0.4 is 11.3 Å².